The lowest BCUT2D eigenvalue weighted by Crippen LogP contribution is -2.36. The summed E-state index contributed by atoms with van der Waals surface area (Å²) in [7, 11) is -3.80. The smallest absolute Gasteiger partial charge is 0.253 e. The maximum absolute atomic E-state index is 14.4. The van der Waals surface area contributed by atoms with Gasteiger partial charge in [-0.3, -0.25) is 4.79 Å². The highest BCUT2D eigenvalue weighted by Crippen LogP contribution is 2.35. The summed E-state index contributed by atoms with van der Waals surface area (Å²) >= 11 is 6.02. The van der Waals surface area contributed by atoms with Gasteiger partial charge in [0.15, 0.2) is 0 Å². The van der Waals surface area contributed by atoms with Crippen LogP contribution in [-0.4, -0.2) is 32.4 Å². The Hall–Kier alpha value is -3.28. The molecular formula is C23H22ClF2N5O3S. The Bertz CT molecular complexity index is 1400. The maximum Gasteiger partial charge on any atom is 0.253 e. The van der Waals surface area contributed by atoms with Crippen LogP contribution in [0.2, 0.25) is 5.02 Å². The molecule has 35 heavy (non-hydrogen) atoms. The van der Waals surface area contributed by atoms with Crippen molar-refractivity contribution < 1.29 is 22.0 Å². The number of benzene rings is 2. The number of nitrogens with zero attached hydrogens (tertiary/aromatic N) is 2. The highest BCUT2D eigenvalue weighted by atomic mass is 35.5. The molecule has 0 saturated carbocycles. The molecule has 2 aromatic carbocycles. The van der Waals surface area contributed by atoms with Crippen molar-refractivity contribution in [3.63, 3.8) is 0 Å². The van der Waals surface area contributed by atoms with Crippen LogP contribution in [0.3, 0.4) is 0 Å². The number of carbonyl (C=O) groups excluding carboxylic acids is 1. The van der Waals surface area contributed by atoms with Crippen LogP contribution in [0.1, 0.15) is 27.0 Å². The maximum atomic E-state index is 14.4. The van der Waals surface area contributed by atoms with Crippen LogP contribution >= 0.6 is 11.6 Å². The van der Waals surface area contributed by atoms with Gasteiger partial charge in [-0.2, -0.15) is 0 Å². The molecule has 8 nitrogen and oxygen atoms in total. The molecule has 0 radical (unpaired) electrons. The predicted molar refractivity (Wildman–Crippen MR) is 129 cm³/mol. The standard InChI is InChI=1S/C23H22ClF2N5O3S/c1-13-16(23(32)30-10-14-2-4-15(5-3-14)35(27,33)34)11-29-22-21(13)31(9-8-28-22)12-17-18(25)6-7-19(26)20(17)24/h2-7,11H,8-10,12H2,1H3,(H,28,29)(H,30,32)(H2,27,33,34). The van der Waals surface area contributed by atoms with Gasteiger partial charge in [-0.1, -0.05) is 23.7 Å². The van der Waals surface area contributed by atoms with E-state index in [4.69, 9.17) is 16.7 Å². The number of hydrogen-bond donors (Lipinski definition) is 3. The molecule has 1 aliphatic heterocycles. The molecular weight excluding hydrogens is 500 g/mol. The Balaban J connectivity index is 1.56. The average molecular weight is 522 g/mol. The highest BCUT2D eigenvalue weighted by Gasteiger charge is 2.26. The Kier molecular flexibility index (Phi) is 6.93. The van der Waals surface area contributed by atoms with Crippen LogP contribution in [0.25, 0.3) is 0 Å². The monoisotopic (exact) mass is 521 g/mol. The van der Waals surface area contributed by atoms with Crippen molar-refractivity contribution in [3.05, 3.63) is 81.5 Å². The van der Waals surface area contributed by atoms with Gasteiger partial charge in [-0.15, -0.1) is 0 Å². The minimum atomic E-state index is -3.80. The molecule has 2 heterocycles. The number of nitrogens with one attached hydrogen (secondary N) is 2. The van der Waals surface area contributed by atoms with E-state index in [0.717, 1.165) is 12.1 Å². The largest absolute Gasteiger partial charge is 0.367 e. The summed E-state index contributed by atoms with van der Waals surface area (Å²) in [6.07, 6.45) is 1.44. The predicted octanol–water partition coefficient (Wildman–Crippen LogP) is 3.33. The van der Waals surface area contributed by atoms with Gasteiger partial charge in [0, 0.05) is 37.9 Å². The van der Waals surface area contributed by atoms with Crippen LogP contribution in [0.5, 0.6) is 0 Å². The van der Waals surface area contributed by atoms with Crippen molar-refractivity contribution in [2.24, 2.45) is 5.14 Å². The lowest BCUT2D eigenvalue weighted by atomic mass is 10.0. The first kappa shape index (κ1) is 24.8. The average Bonchev–Trinajstić information content (AvgIpc) is 2.82. The number of anilines is 2. The second-order valence-electron chi connectivity index (χ2n) is 8.04. The summed E-state index contributed by atoms with van der Waals surface area (Å²) in [5, 5.41) is 10.8. The SMILES string of the molecule is Cc1c(C(=O)NCc2ccc(S(N)(=O)=O)cc2)cnc2c1N(Cc1c(F)ccc(F)c1Cl)CCN2. The zero-order valence-corrected chi connectivity index (χ0v) is 20.2. The van der Waals surface area contributed by atoms with Crippen molar-refractivity contribution in [3.8, 4) is 0 Å². The van der Waals surface area contributed by atoms with Crippen molar-refractivity contribution in [1.29, 1.82) is 0 Å². The molecule has 0 saturated heterocycles. The number of halogens is 3. The Morgan fingerprint density at radius 3 is 2.57 bits per heavy atom. The number of nitrogens with two attached hydrogens (primary N) is 1. The summed E-state index contributed by atoms with van der Waals surface area (Å²) in [6, 6.07) is 7.85. The van der Waals surface area contributed by atoms with Gasteiger partial charge in [0.2, 0.25) is 10.0 Å². The van der Waals surface area contributed by atoms with Crippen molar-refractivity contribution in [1.82, 2.24) is 10.3 Å². The van der Waals surface area contributed by atoms with Crippen molar-refractivity contribution >= 4 is 39.0 Å². The van der Waals surface area contributed by atoms with Crippen LogP contribution in [0, 0.1) is 18.6 Å². The molecule has 0 unspecified atom stereocenters. The number of aromatic nitrogens is 1. The number of pyridine rings is 1. The number of rotatable bonds is 6. The number of fused-ring (bicyclic) bond motifs is 1. The molecule has 0 bridgehead atoms. The van der Waals surface area contributed by atoms with Crippen LogP contribution in [0.4, 0.5) is 20.3 Å². The second-order valence-corrected chi connectivity index (χ2v) is 9.98. The van der Waals surface area contributed by atoms with Gasteiger partial charge in [-0.25, -0.2) is 27.3 Å². The number of hydrogen-bond acceptors (Lipinski definition) is 6. The van der Waals surface area contributed by atoms with E-state index in [-0.39, 0.29) is 28.6 Å². The molecule has 1 aliphatic rings. The molecule has 12 heteroatoms. The summed E-state index contributed by atoms with van der Waals surface area (Å²) in [5.41, 5.74) is 2.22. The minimum absolute atomic E-state index is 0.00109. The quantitative estimate of drug-likeness (QED) is 0.428. The topological polar surface area (TPSA) is 117 Å². The first-order valence-electron chi connectivity index (χ1n) is 10.6. The van der Waals surface area contributed by atoms with E-state index < -0.39 is 27.6 Å². The summed E-state index contributed by atoms with van der Waals surface area (Å²) in [6.45, 7) is 2.88. The van der Waals surface area contributed by atoms with E-state index in [1.165, 1.54) is 18.3 Å². The summed E-state index contributed by atoms with van der Waals surface area (Å²) in [5.74, 6) is -1.20. The first-order valence-corrected chi connectivity index (χ1v) is 12.5. The molecule has 4 N–H and O–H groups in total. The van der Waals surface area contributed by atoms with Crippen LogP contribution in [0.15, 0.2) is 47.5 Å². The van der Waals surface area contributed by atoms with E-state index in [2.05, 4.69) is 15.6 Å². The molecule has 0 spiro atoms. The summed E-state index contributed by atoms with van der Waals surface area (Å²) in [4.78, 5) is 19.1. The molecule has 184 valence electrons. The third-order valence-corrected chi connectivity index (χ3v) is 7.07. The lowest BCUT2D eigenvalue weighted by Gasteiger charge is -2.33. The van der Waals surface area contributed by atoms with E-state index in [1.54, 1.807) is 24.0 Å². The second kappa shape index (κ2) is 9.76. The molecule has 3 aromatic rings. The van der Waals surface area contributed by atoms with Gasteiger partial charge in [0.25, 0.3) is 5.91 Å². The fraction of sp³-hybridized carbons (Fsp3) is 0.217. The van der Waals surface area contributed by atoms with Crippen LogP contribution < -0.4 is 20.7 Å². The van der Waals surface area contributed by atoms with E-state index in [1.807, 2.05) is 0 Å². The fourth-order valence-corrected chi connectivity index (χ4v) is 4.62. The lowest BCUT2D eigenvalue weighted by molar-refractivity contribution is 0.0950. The molecule has 0 atom stereocenters. The number of carbonyl (C=O) groups is 1. The van der Waals surface area contributed by atoms with Gasteiger partial charge in [-0.05, 0) is 42.3 Å². The van der Waals surface area contributed by atoms with Crippen LogP contribution in [-0.2, 0) is 23.1 Å². The summed E-state index contributed by atoms with van der Waals surface area (Å²) < 4.78 is 51.1. The Labute approximate surface area is 206 Å². The Morgan fingerprint density at radius 2 is 1.89 bits per heavy atom. The van der Waals surface area contributed by atoms with E-state index in [0.29, 0.717) is 41.3 Å². The minimum Gasteiger partial charge on any atom is -0.367 e. The van der Waals surface area contributed by atoms with Crippen molar-refractivity contribution in [2.75, 3.05) is 23.3 Å². The van der Waals surface area contributed by atoms with Gasteiger partial charge in [0.1, 0.15) is 17.5 Å². The molecule has 0 aliphatic carbocycles. The van der Waals surface area contributed by atoms with Gasteiger partial charge >= 0.3 is 0 Å². The van der Waals surface area contributed by atoms with Gasteiger partial charge < -0.3 is 15.5 Å². The number of amides is 1. The normalized spacial score (nSPS) is 13.2. The van der Waals surface area contributed by atoms with Crippen molar-refractivity contribution in [2.45, 2.75) is 24.9 Å². The van der Waals surface area contributed by atoms with E-state index in [9.17, 15) is 22.0 Å². The molecule has 1 amide bonds. The third kappa shape index (κ3) is 5.21. The van der Waals surface area contributed by atoms with E-state index >= 15 is 0 Å². The highest BCUT2D eigenvalue weighted by molar-refractivity contribution is 7.89. The zero-order valence-electron chi connectivity index (χ0n) is 18.6. The first-order chi connectivity index (χ1) is 16.6. The third-order valence-electron chi connectivity index (χ3n) is 5.73. The Morgan fingerprint density at radius 1 is 1.20 bits per heavy atom. The van der Waals surface area contributed by atoms with Gasteiger partial charge in [0.05, 0.1) is 21.2 Å². The zero-order chi connectivity index (χ0) is 25.3. The number of sulfonamides is 1. The molecule has 1 aromatic heterocycles. The molecule has 0 fully saturated rings. The fourth-order valence-electron chi connectivity index (χ4n) is 3.90. The molecule has 4 rings (SSSR count). The number of primary sulfonamides is 1.